The van der Waals surface area contributed by atoms with Gasteiger partial charge < -0.3 is 24.7 Å². The number of carbonyl (C=O) groups is 2. The molecule has 0 unspecified atom stereocenters. The second-order valence-corrected chi connectivity index (χ2v) is 7.90. The molecule has 0 bridgehead atoms. The summed E-state index contributed by atoms with van der Waals surface area (Å²) in [5.74, 6) is -2.43. The maximum Gasteiger partial charge on any atom is 0.532 e. The predicted molar refractivity (Wildman–Crippen MR) is 106 cm³/mol. The van der Waals surface area contributed by atoms with Crippen molar-refractivity contribution in [2.75, 3.05) is 26.2 Å². The topological polar surface area (TPSA) is 90.3 Å². The van der Waals surface area contributed by atoms with Gasteiger partial charge in [-0.2, -0.15) is 0 Å². The lowest BCUT2D eigenvalue weighted by Crippen LogP contribution is -2.53. The number of carbonyl (C=O) groups excluding carboxylic acids is 2. The summed E-state index contributed by atoms with van der Waals surface area (Å²) < 4.78 is 43.8. The van der Waals surface area contributed by atoms with Gasteiger partial charge in [-0.1, -0.05) is 24.3 Å². The van der Waals surface area contributed by atoms with Crippen LogP contribution < -0.4 is 4.74 Å². The van der Waals surface area contributed by atoms with Gasteiger partial charge >= 0.3 is 6.29 Å². The minimum Gasteiger partial charge on any atom is -0.406 e. The number of amides is 2. The van der Waals surface area contributed by atoms with Crippen molar-refractivity contribution in [3.8, 4) is 16.9 Å². The standard InChI is InChI=1S/C22H21F3N2O5/c23-18-16(2-1-3-17(18)32-22(24,25)31)14-4-6-15(7-5-14)19(28)26-10-12-27(13-11-26)20(29)21(30)8-9-21/h1-7,30-31H,8-13H2. The van der Waals surface area contributed by atoms with Crippen LogP contribution in [0.3, 0.4) is 0 Å². The Hall–Kier alpha value is -3.11. The highest BCUT2D eigenvalue weighted by Crippen LogP contribution is 2.37. The van der Waals surface area contributed by atoms with Gasteiger partial charge in [-0.3, -0.25) is 9.59 Å². The number of piperazine rings is 1. The minimum absolute atomic E-state index is 0.0316. The zero-order valence-electron chi connectivity index (χ0n) is 16.9. The van der Waals surface area contributed by atoms with E-state index in [9.17, 15) is 27.9 Å². The van der Waals surface area contributed by atoms with E-state index in [-0.39, 0.29) is 17.4 Å². The SMILES string of the molecule is O=C(c1ccc(-c2cccc(OC(O)(F)F)c2F)cc1)N1CCN(C(=O)C2(O)CC2)CC1. The van der Waals surface area contributed by atoms with E-state index < -0.39 is 23.5 Å². The number of alkyl halides is 2. The number of benzene rings is 2. The highest BCUT2D eigenvalue weighted by Gasteiger charge is 2.50. The molecule has 10 heteroatoms. The van der Waals surface area contributed by atoms with E-state index in [2.05, 4.69) is 4.74 Å². The van der Waals surface area contributed by atoms with Crippen LogP contribution in [-0.4, -0.2) is 69.9 Å². The third kappa shape index (κ3) is 4.56. The number of hydrogen-bond acceptors (Lipinski definition) is 5. The second kappa shape index (κ2) is 8.10. The van der Waals surface area contributed by atoms with E-state index in [1.54, 1.807) is 9.80 Å². The molecular formula is C22H21F3N2O5. The molecule has 2 N–H and O–H groups in total. The summed E-state index contributed by atoms with van der Waals surface area (Å²) in [5.41, 5.74) is -0.578. The van der Waals surface area contributed by atoms with E-state index in [0.29, 0.717) is 50.1 Å². The molecule has 1 saturated carbocycles. The Morgan fingerprint density at radius 1 is 0.969 bits per heavy atom. The first-order valence-corrected chi connectivity index (χ1v) is 10.1. The molecule has 2 aromatic carbocycles. The number of hydrogen-bond donors (Lipinski definition) is 2. The summed E-state index contributed by atoms with van der Waals surface area (Å²) in [6.45, 7) is 1.31. The lowest BCUT2D eigenvalue weighted by molar-refractivity contribution is -0.328. The highest BCUT2D eigenvalue weighted by atomic mass is 19.3. The first-order valence-electron chi connectivity index (χ1n) is 10.1. The van der Waals surface area contributed by atoms with Crippen LogP contribution in [0.1, 0.15) is 23.2 Å². The average molecular weight is 450 g/mol. The maximum atomic E-state index is 14.5. The van der Waals surface area contributed by atoms with Crippen LogP contribution in [0.15, 0.2) is 42.5 Å². The number of halogens is 3. The summed E-state index contributed by atoms with van der Waals surface area (Å²) >= 11 is 0. The number of nitrogens with zero attached hydrogens (tertiary/aromatic N) is 2. The molecule has 0 radical (unpaired) electrons. The normalized spacial score (nSPS) is 17.8. The monoisotopic (exact) mass is 450 g/mol. The molecule has 4 rings (SSSR count). The lowest BCUT2D eigenvalue weighted by Gasteiger charge is -2.35. The van der Waals surface area contributed by atoms with Crippen molar-refractivity contribution in [2.24, 2.45) is 0 Å². The van der Waals surface area contributed by atoms with Gasteiger partial charge in [-0.15, -0.1) is 8.78 Å². The Kier molecular flexibility index (Phi) is 5.59. The van der Waals surface area contributed by atoms with Gasteiger partial charge in [0.05, 0.1) is 0 Å². The average Bonchev–Trinajstić information content (AvgIpc) is 3.52. The molecule has 1 aliphatic heterocycles. The van der Waals surface area contributed by atoms with E-state index >= 15 is 0 Å². The minimum atomic E-state index is -4.51. The zero-order valence-corrected chi connectivity index (χ0v) is 16.9. The Labute approximate surface area is 181 Å². The summed E-state index contributed by atoms with van der Waals surface area (Å²) in [6, 6.07) is 9.58. The van der Waals surface area contributed by atoms with Crippen LogP contribution in [0.2, 0.25) is 0 Å². The zero-order chi connectivity index (χ0) is 23.1. The van der Waals surface area contributed by atoms with Crippen molar-refractivity contribution in [3.05, 3.63) is 53.8 Å². The molecule has 0 atom stereocenters. The van der Waals surface area contributed by atoms with Crippen LogP contribution >= 0.6 is 0 Å². The fourth-order valence-electron chi connectivity index (χ4n) is 3.66. The number of rotatable bonds is 5. The summed E-state index contributed by atoms with van der Waals surface area (Å²) in [4.78, 5) is 28.1. The van der Waals surface area contributed by atoms with Crippen molar-refractivity contribution in [1.29, 1.82) is 0 Å². The molecular weight excluding hydrogens is 429 g/mol. The molecule has 2 aliphatic rings. The van der Waals surface area contributed by atoms with Gasteiger partial charge in [0, 0.05) is 37.3 Å². The fourth-order valence-corrected chi connectivity index (χ4v) is 3.66. The molecule has 2 fully saturated rings. The van der Waals surface area contributed by atoms with Crippen molar-refractivity contribution < 1.29 is 37.7 Å². The maximum absolute atomic E-state index is 14.5. The van der Waals surface area contributed by atoms with Crippen LogP contribution in [0.25, 0.3) is 11.1 Å². The Bertz CT molecular complexity index is 1030. The van der Waals surface area contributed by atoms with Crippen molar-refractivity contribution in [3.63, 3.8) is 0 Å². The molecule has 2 amide bonds. The van der Waals surface area contributed by atoms with Crippen molar-refractivity contribution in [1.82, 2.24) is 9.80 Å². The highest BCUT2D eigenvalue weighted by molar-refractivity contribution is 5.95. The summed E-state index contributed by atoms with van der Waals surface area (Å²) in [7, 11) is 0. The number of ether oxygens (including phenoxy) is 1. The van der Waals surface area contributed by atoms with Gasteiger partial charge in [0.2, 0.25) is 0 Å². The first-order chi connectivity index (χ1) is 15.1. The third-order valence-electron chi connectivity index (χ3n) is 5.61. The molecule has 170 valence electrons. The smallest absolute Gasteiger partial charge is 0.406 e. The Morgan fingerprint density at radius 2 is 1.56 bits per heavy atom. The third-order valence-corrected chi connectivity index (χ3v) is 5.61. The van der Waals surface area contributed by atoms with E-state index in [0.717, 1.165) is 6.07 Å². The van der Waals surface area contributed by atoms with E-state index in [4.69, 9.17) is 5.11 Å². The first kappa shape index (κ1) is 22.1. The molecule has 0 spiro atoms. The summed E-state index contributed by atoms with van der Waals surface area (Å²) in [5, 5.41) is 18.4. The van der Waals surface area contributed by atoms with Gasteiger partial charge in [-0.05, 0) is 36.6 Å². The van der Waals surface area contributed by atoms with Gasteiger partial charge in [0.15, 0.2) is 11.6 Å². The Balaban J connectivity index is 1.43. The second-order valence-electron chi connectivity index (χ2n) is 7.90. The van der Waals surface area contributed by atoms with E-state index in [1.165, 1.54) is 36.4 Å². The van der Waals surface area contributed by atoms with Gasteiger partial charge in [0.25, 0.3) is 11.8 Å². The fraction of sp³-hybridized carbons (Fsp3) is 0.364. The van der Waals surface area contributed by atoms with Gasteiger partial charge in [-0.25, -0.2) is 4.39 Å². The molecule has 32 heavy (non-hydrogen) atoms. The van der Waals surface area contributed by atoms with Gasteiger partial charge in [0.1, 0.15) is 5.60 Å². The van der Waals surface area contributed by atoms with Crippen LogP contribution in [0, 0.1) is 5.82 Å². The molecule has 1 saturated heterocycles. The summed E-state index contributed by atoms with van der Waals surface area (Å²) in [6.07, 6.45) is -3.58. The van der Waals surface area contributed by atoms with E-state index in [1.807, 2.05) is 0 Å². The quantitative estimate of drug-likeness (QED) is 0.682. The van der Waals surface area contributed by atoms with Crippen LogP contribution in [0.5, 0.6) is 5.75 Å². The predicted octanol–water partition coefficient (Wildman–Crippen LogP) is 2.22. The number of aliphatic hydroxyl groups is 2. The molecule has 0 aromatic heterocycles. The Morgan fingerprint density at radius 3 is 2.12 bits per heavy atom. The molecule has 2 aromatic rings. The molecule has 7 nitrogen and oxygen atoms in total. The van der Waals surface area contributed by atoms with Crippen molar-refractivity contribution in [2.45, 2.75) is 24.7 Å². The molecule has 1 heterocycles. The van der Waals surface area contributed by atoms with Crippen LogP contribution in [-0.2, 0) is 4.79 Å². The van der Waals surface area contributed by atoms with Crippen LogP contribution in [0.4, 0.5) is 13.2 Å². The molecule has 1 aliphatic carbocycles. The lowest BCUT2D eigenvalue weighted by atomic mass is 10.0. The van der Waals surface area contributed by atoms with Crippen molar-refractivity contribution >= 4 is 11.8 Å². The largest absolute Gasteiger partial charge is 0.532 e.